The molecule has 0 saturated carbocycles. The zero-order valence-corrected chi connectivity index (χ0v) is 19.1. The van der Waals surface area contributed by atoms with Gasteiger partial charge in [0.2, 0.25) is 5.91 Å². The number of para-hydroxylation sites is 2. The molecule has 0 aliphatic carbocycles. The van der Waals surface area contributed by atoms with Crippen molar-refractivity contribution in [2.75, 3.05) is 0 Å². The Morgan fingerprint density at radius 2 is 1.61 bits per heavy atom. The minimum atomic E-state index is -0.238. The van der Waals surface area contributed by atoms with Crippen molar-refractivity contribution in [1.82, 2.24) is 14.9 Å². The molecule has 0 fully saturated rings. The van der Waals surface area contributed by atoms with E-state index in [0.29, 0.717) is 18.0 Å². The summed E-state index contributed by atoms with van der Waals surface area (Å²) >= 11 is 5.96. The van der Waals surface area contributed by atoms with Gasteiger partial charge in [-0.05, 0) is 59.2 Å². The van der Waals surface area contributed by atoms with Crippen LogP contribution < -0.4 is 5.32 Å². The molecular formula is C28H24ClN3O. The van der Waals surface area contributed by atoms with E-state index in [-0.39, 0.29) is 11.9 Å². The Balaban J connectivity index is 1.43. The SMILES string of the molecule is CC(NC(=O)Cc1ccc(Cl)cc1)c1nc2ccccc2n1Cc1ccc2ccccc2c1. The number of carbonyl (C=O) groups is 1. The molecule has 5 rings (SSSR count). The van der Waals surface area contributed by atoms with E-state index in [2.05, 4.69) is 58.4 Å². The van der Waals surface area contributed by atoms with Crippen LogP contribution in [0, 0.1) is 0 Å². The summed E-state index contributed by atoms with van der Waals surface area (Å²) in [4.78, 5) is 17.6. The minimum absolute atomic E-state index is 0.0471. The van der Waals surface area contributed by atoms with Crippen LogP contribution in [0.5, 0.6) is 0 Å². The van der Waals surface area contributed by atoms with Gasteiger partial charge in [0.05, 0.1) is 23.5 Å². The molecule has 1 amide bonds. The van der Waals surface area contributed by atoms with E-state index in [1.807, 2.05) is 37.3 Å². The predicted octanol–water partition coefficient (Wildman–Crippen LogP) is 6.31. The molecule has 5 aromatic rings. The first-order chi connectivity index (χ1) is 16.1. The van der Waals surface area contributed by atoms with Crippen molar-refractivity contribution in [1.29, 1.82) is 0 Å². The number of halogens is 1. The van der Waals surface area contributed by atoms with Gasteiger partial charge in [0.15, 0.2) is 0 Å². The summed E-state index contributed by atoms with van der Waals surface area (Å²) < 4.78 is 2.20. The van der Waals surface area contributed by atoms with Crippen molar-refractivity contribution in [3.05, 3.63) is 113 Å². The van der Waals surface area contributed by atoms with E-state index in [4.69, 9.17) is 16.6 Å². The van der Waals surface area contributed by atoms with Gasteiger partial charge in [-0.15, -0.1) is 0 Å². The smallest absolute Gasteiger partial charge is 0.224 e. The fraction of sp³-hybridized carbons (Fsp3) is 0.143. The summed E-state index contributed by atoms with van der Waals surface area (Å²) in [5, 5.41) is 6.22. The molecule has 0 aliphatic rings. The molecule has 0 aliphatic heterocycles. The third kappa shape index (κ3) is 4.62. The van der Waals surface area contributed by atoms with Gasteiger partial charge in [0, 0.05) is 11.6 Å². The van der Waals surface area contributed by atoms with E-state index in [1.165, 1.54) is 16.3 Å². The highest BCUT2D eigenvalue weighted by Crippen LogP contribution is 2.24. The number of nitrogens with one attached hydrogen (secondary N) is 1. The number of imidazole rings is 1. The van der Waals surface area contributed by atoms with Crippen molar-refractivity contribution < 1.29 is 4.79 Å². The lowest BCUT2D eigenvalue weighted by Crippen LogP contribution is -2.30. The van der Waals surface area contributed by atoms with Crippen molar-refractivity contribution in [2.24, 2.45) is 0 Å². The van der Waals surface area contributed by atoms with Crippen molar-refractivity contribution in [3.63, 3.8) is 0 Å². The van der Waals surface area contributed by atoms with Crippen LogP contribution >= 0.6 is 11.6 Å². The molecule has 0 radical (unpaired) electrons. The van der Waals surface area contributed by atoms with Crippen molar-refractivity contribution >= 4 is 39.3 Å². The number of amides is 1. The summed E-state index contributed by atoms with van der Waals surface area (Å²) in [6.45, 7) is 2.66. The second-order valence-corrected chi connectivity index (χ2v) is 8.76. The Bertz CT molecular complexity index is 1440. The summed E-state index contributed by atoms with van der Waals surface area (Å²) in [5.41, 5.74) is 4.10. The van der Waals surface area contributed by atoms with Crippen LogP contribution in [0.2, 0.25) is 5.02 Å². The van der Waals surface area contributed by atoms with E-state index >= 15 is 0 Å². The Morgan fingerprint density at radius 3 is 2.42 bits per heavy atom. The third-order valence-electron chi connectivity index (χ3n) is 5.88. The number of benzene rings is 4. The molecule has 1 heterocycles. The van der Waals surface area contributed by atoms with E-state index in [0.717, 1.165) is 22.4 Å². The number of nitrogens with zero attached hydrogens (tertiary/aromatic N) is 2. The van der Waals surface area contributed by atoms with Crippen LogP contribution in [0.1, 0.15) is 29.9 Å². The van der Waals surface area contributed by atoms with Crippen molar-refractivity contribution in [2.45, 2.75) is 25.9 Å². The molecule has 1 aromatic heterocycles. The molecule has 0 spiro atoms. The highest BCUT2D eigenvalue weighted by atomic mass is 35.5. The summed E-state index contributed by atoms with van der Waals surface area (Å²) in [7, 11) is 0. The minimum Gasteiger partial charge on any atom is -0.346 e. The second-order valence-electron chi connectivity index (χ2n) is 8.32. The van der Waals surface area contributed by atoms with Gasteiger partial charge >= 0.3 is 0 Å². The van der Waals surface area contributed by atoms with E-state index in [1.54, 1.807) is 12.1 Å². The Hall–Kier alpha value is -3.63. The number of aromatic nitrogens is 2. The molecule has 164 valence electrons. The monoisotopic (exact) mass is 453 g/mol. The Labute approximate surface area is 197 Å². The molecular weight excluding hydrogens is 430 g/mol. The molecule has 33 heavy (non-hydrogen) atoms. The van der Waals surface area contributed by atoms with Gasteiger partial charge in [-0.3, -0.25) is 4.79 Å². The maximum atomic E-state index is 12.7. The highest BCUT2D eigenvalue weighted by Gasteiger charge is 2.19. The normalized spacial score (nSPS) is 12.2. The van der Waals surface area contributed by atoms with Crippen LogP contribution in [-0.4, -0.2) is 15.5 Å². The largest absolute Gasteiger partial charge is 0.346 e. The number of carbonyl (C=O) groups excluding carboxylic acids is 1. The average Bonchev–Trinajstić information content (AvgIpc) is 3.19. The van der Waals surface area contributed by atoms with Crippen LogP contribution in [0.3, 0.4) is 0 Å². The zero-order chi connectivity index (χ0) is 22.8. The molecule has 0 bridgehead atoms. The van der Waals surface area contributed by atoms with Gasteiger partial charge in [-0.1, -0.05) is 72.3 Å². The molecule has 4 nitrogen and oxygen atoms in total. The lowest BCUT2D eigenvalue weighted by atomic mass is 10.1. The standard InChI is InChI=1S/C28H24ClN3O/c1-19(30-27(33)17-20-11-14-24(29)15-12-20)28-31-25-8-4-5-9-26(25)32(28)18-21-10-13-22-6-2-3-7-23(22)16-21/h2-16,19H,17-18H2,1H3,(H,30,33). The Morgan fingerprint density at radius 1 is 0.909 bits per heavy atom. The first-order valence-electron chi connectivity index (χ1n) is 11.0. The van der Waals surface area contributed by atoms with Crippen LogP contribution in [0.4, 0.5) is 0 Å². The van der Waals surface area contributed by atoms with Gasteiger partial charge < -0.3 is 9.88 Å². The van der Waals surface area contributed by atoms with E-state index < -0.39 is 0 Å². The third-order valence-corrected chi connectivity index (χ3v) is 6.13. The van der Waals surface area contributed by atoms with Crippen LogP contribution in [0.15, 0.2) is 91.0 Å². The van der Waals surface area contributed by atoms with Crippen LogP contribution in [0.25, 0.3) is 21.8 Å². The first kappa shape index (κ1) is 21.2. The number of fused-ring (bicyclic) bond motifs is 2. The van der Waals surface area contributed by atoms with Gasteiger partial charge in [-0.25, -0.2) is 4.98 Å². The molecule has 1 N–H and O–H groups in total. The fourth-order valence-electron chi connectivity index (χ4n) is 4.26. The van der Waals surface area contributed by atoms with Gasteiger partial charge in [-0.2, -0.15) is 0 Å². The quantitative estimate of drug-likeness (QED) is 0.327. The number of hydrogen-bond acceptors (Lipinski definition) is 2. The zero-order valence-electron chi connectivity index (χ0n) is 18.3. The molecule has 5 heteroatoms. The molecule has 1 atom stereocenters. The molecule has 0 saturated heterocycles. The van der Waals surface area contributed by atoms with E-state index in [9.17, 15) is 4.79 Å². The molecule has 4 aromatic carbocycles. The average molecular weight is 454 g/mol. The van der Waals surface area contributed by atoms with Crippen LogP contribution in [-0.2, 0) is 17.8 Å². The van der Waals surface area contributed by atoms with Gasteiger partial charge in [0.1, 0.15) is 5.82 Å². The fourth-order valence-corrected chi connectivity index (χ4v) is 4.38. The Kier molecular flexibility index (Phi) is 5.84. The first-order valence-corrected chi connectivity index (χ1v) is 11.4. The highest BCUT2D eigenvalue weighted by molar-refractivity contribution is 6.30. The summed E-state index contributed by atoms with van der Waals surface area (Å²) in [6, 6.07) is 30.1. The lowest BCUT2D eigenvalue weighted by Gasteiger charge is -2.17. The summed E-state index contributed by atoms with van der Waals surface area (Å²) in [5.74, 6) is 0.794. The molecule has 1 unspecified atom stereocenters. The maximum Gasteiger partial charge on any atom is 0.224 e. The summed E-state index contributed by atoms with van der Waals surface area (Å²) in [6.07, 6.45) is 0.298. The number of rotatable bonds is 6. The maximum absolute atomic E-state index is 12.7. The van der Waals surface area contributed by atoms with Crippen molar-refractivity contribution in [3.8, 4) is 0 Å². The second kappa shape index (κ2) is 9.08. The predicted molar refractivity (Wildman–Crippen MR) is 134 cm³/mol. The lowest BCUT2D eigenvalue weighted by molar-refractivity contribution is -0.121. The van der Waals surface area contributed by atoms with Gasteiger partial charge in [0.25, 0.3) is 0 Å². The number of hydrogen-bond donors (Lipinski definition) is 1. The topological polar surface area (TPSA) is 46.9 Å².